The number of hydrogen-bond donors (Lipinski definition) is 0. The summed E-state index contributed by atoms with van der Waals surface area (Å²) in [5.74, 6) is 1.09. The van der Waals surface area contributed by atoms with Crippen LogP contribution < -0.4 is 0 Å². The third-order valence-electron chi connectivity index (χ3n) is 2.77. The summed E-state index contributed by atoms with van der Waals surface area (Å²) in [5.41, 5.74) is 0. The molecule has 0 bridgehead atoms. The summed E-state index contributed by atoms with van der Waals surface area (Å²) in [6.07, 6.45) is 4.28. The highest BCUT2D eigenvalue weighted by molar-refractivity contribution is 5.76. The lowest BCUT2D eigenvalue weighted by Gasteiger charge is -2.24. The molecule has 1 rings (SSSR count). The van der Waals surface area contributed by atoms with E-state index in [4.69, 9.17) is 0 Å². The highest BCUT2D eigenvalue weighted by Crippen LogP contribution is 2.34. The van der Waals surface area contributed by atoms with E-state index in [2.05, 4.69) is 6.92 Å². The van der Waals surface area contributed by atoms with Crippen molar-refractivity contribution in [3.8, 4) is 0 Å². The molecule has 0 N–H and O–H groups in total. The maximum absolute atomic E-state index is 11.4. The highest BCUT2D eigenvalue weighted by atomic mass is 16.2. The zero-order valence-electron chi connectivity index (χ0n) is 8.34. The number of carbonyl (C=O) groups is 1. The molecule has 0 aromatic rings. The third-order valence-corrected chi connectivity index (χ3v) is 2.77. The van der Waals surface area contributed by atoms with Crippen molar-refractivity contribution < 1.29 is 4.79 Å². The van der Waals surface area contributed by atoms with Gasteiger partial charge in [0.1, 0.15) is 0 Å². The zero-order chi connectivity index (χ0) is 9.14. The van der Waals surface area contributed by atoms with Crippen molar-refractivity contribution in [1.29, 1.82) is 0 Å². The largest absolute Gasteiger partial charge is 0.343 e. The second-order valence-corrected chi connectivity index (χ2v) is 3.83. The van der Waals surface area contributed by atoms with Gasteiger partial charge in [0.15, 0.2) is 0 Å². The molecule has 1 aliphatic carbocycles. The predicted octanol–water partition coefficient (Wildman–Crippen LogP) is 2.04. The van der Waals surface area contributed by atoms with Crippen LogP contribution in [0.1, 0.15) is 39.5 Å². The van der Waals surface area contributed by atoms with E-state index < -0.39 is 0 Å². The summed E-state index contributed by atoms with van der Waals surface area (Å²) in [6.45, 7) is 4.21. The van der Waals surface area contributed by atoms with E-state index in [1.54, 1.807) is 0 Å². The average molecular weight is 169 g/mol. The van der Waals surface area contributed by atoms with Crippen LogP contribution in [-0.4, -0.2) is 23.9 Å². The molecular weight excluding hydrogens is 150 g/mol. The Morgan fingerprint density at radius 3 is 2.58 bits per heavy atom. The van der Waals surface area contributed by atoms with Gasteiger partial charge in [-0.15, -0.1) is 0 Å². The first-order valence-electron chi connectivity index (χ1n) is 4.92. The molecule has 1 aliphatic rings. The quantitative estimate of drug-likeness (QED) is 0.630. The zero-order valence-corrected chi connectivity index (χ0v) is 8.34. The Bertz CT molecular complexity index is 163. The lowest BCUT2D eigenvalue weighted by molar-refractivity contribution is -0.132. The van der Waals surface area contributed by atoms with Gasteiger partial charge in [0.25, 0.3) is 0 Å². The van der Waals surface area contributed by atoms with Crippen molar-refractivity contribution in [2.75, 3.05) is 7.05 Å². The Kier molecular flexibility index (Phi) is 3.12. The van der Waals surface area contributed by atoms with Crippen LogP contribution in [0.4, 0.5) is 0 Å². The van der Waals surface area contributed by atoms with Crippen LogP contribution in [0.3, 0.4) is 0 Å². The molecule has 1 amide bonds. The number of amides is 1. The Labute approximate surface area is 74.9 Å². The molecule has 0 spiro atoms. The van der Waals surface area contributed by atoms with E-state index >= 15 is 0 Å². The van der Waals surface area contributed by atoms with Gasteiger partial charge in [-0.2, -0.15) is 0 Å². The Morgan fingerprint density at radius 1 is 1.58 bits per heavy atom. The molecular formula is C10H19NO. The number of carbonyl (C=O) groups excluding carboxylic acids is 1. The summed E-state index contributed by atoms with van der Waals surface area (Å²) in [5, 5.41) is 0. The van der Waals surface area contributed by atoms with Gasteiger partial charge in [0.05, 0.1) is 0 Å². The Hall–Kier alpha value is -0.530. The van der Waals surface area contributed by atoms with Crippen molar-refractivity contribution in [2.45, 2.75) is 45.6 Å². The van der Waals surface area contributed by atoms with Gasteiger partial charge in [-0.1, -0.05) is 6.92 Å². The maximum Gasteiger partial charge on any atom is 0.222 e. The van der Waals surface area contributed by atoms with Crippen LogP contribution in [0.2, 0.25) is 0 Å². The number of rotatable bonds is 4. The van der Waals surface area contributed by atoms with Crippen LogP contribution >= 0.6 is 0 Å². The minimum Gasteiger partial charge on any atom is -0.343 e. The molecule has 0 radical (unpaired) electrons. The van der Waals surface area contributed by atoms with Crippen molar-refractivity contribution in [1.82, 2.24) is 4.90 Å². The summed E-state index contributed by atoms with van der Waals surface area (Å²) in [6, 6.07) is 0.462. The minimum atomic E-state index is 0.303. The molecule has 1 saturated carbocycles. The first-order chi connectivity index (χ1) is 5.66. The third kappa shape index (κ3) is 2.23. The molecule has 70 valence electrons. The summed E-state index contributed by atoms with van der Waals surface area (Å²) < 4.78 is 0. The molecule has 1 unspecified atom stereocenters. The van der Waals surface area contributed by atoms with E-state index in [1.807, 2.05) is 18.9 Å². The normalized spacial score (nSPS) is 18.9. The Balaban J connectivity index is 2.33. The van der Waals surface area contributed by atoms with Crippen LogP contribution in [-0.2, 0) is 4.79 Å². The van der Waals surface area contributed by atoms with Gasteiger partial charge < -0.3 is 4.90 Å². The lowest BCUT2D eigenvalue weighted by Crippen LogP contribution is -2.36. The van der Waals surface area contributed by atoms with E-state index in [1.165, 1.54) is 12.8 Å². The van der Waals surface area contributed by atoms with Crippen molar-refractivity contribution in [3.63, 3.8) is 0 Å². The van der Waals surface area contributed by atoms with Crippen molar-refractivity contribution >= 4 is 5.91 Å². The summed E-state index contributed by atoms with van der Waals surface area (Å²) in [7, 11) is 1.93. The SMILES string of the molecule is CCCC(=O)N(C)C(C)C1CC1. The molecule has 0 aromatic carbocycles. The average Bonchev–Trinajstić information content (AvgIpc) is 2.84. The fourth-order valence-electron chi connectivity index (χ4n) is 1.51. The molecule has 1 fully saturated rings. The van der Waals surface area contributed by atoms with Gasteiger partial charge >= 0.3 is 0 Å². The maximum atomic E-state index is 11.4. The standard InChI is InChI=1S/C10H19NO/c1-4-5-10(12)11(3)8(2)9-6-7-9/h8-9H,4-7H2,1-3H3. The van der Waals surface area contributed by atoms with Crippen LogP contribution in [0.25, 0.3) is 0 Å². The molecule has 2 nitrogen and oxygen atoms in total. The smallest absolute Gasteiger partial charge is 0.222 e. The van der Waals surface area contributed by atoms with Crippen molar-refractivity contribution in [2.24, 2.45) is 5.92 Å². The van der Waals surface area contributed by atoms with Gasteiger partial charge in [0, 0.05) is 19.5 Å². The molecule has 2 heteroatoms. The fraction of sp³-hybridized carbons (Fsp3) is 0.900. The monoisotopic (exact) mass is 169 g/mol. The first kappa shape index (κ1) is 9.56. The molecule has 0 aliphatic heterocycles. The molecule has 0 aromatic heterocycles. The van der Waals surface area contributed by atoms with E-state index in [0.717, 1.165) is 12.3 Å². The van der Waals surface area contributed by atoms with E-state index in [-0.39, 0.29) is 0 Å². The predicted molar refractivity (Wildman–Crippen MR) is 49.9 cm³/mol. The van der Waals surface area contributed by atoms with Gasteiger partial charge in [-0.05, 0) is 32.1 Å². The second kappa shape index (κ2) is 3.92. The van der Waals surface area contributed by atoms with Crippen molar-refractivity contribution in [3.05, 3.63) is 0 Å². The van der Waals surface area contributed by atoms with Gasteiger partial charge in [0.2, 0.25) is 5.91 Å². The molecule has 0 heterocycles. The Morgan fingerprint density at radius 2 is 2.17 bits per heavy atom. The van der Waals surface area contributed by atoms with Crippen LogP contribution in [0.5, 0.6) is 0 Å². The van der Waals surface area contributed by atoms with E-state index in [9.17, 15) is 4.79 Å². The highest BCUT2D eigenvalue weighted by Gasteiger charge is 2.31. The van der Waals surface area contributed by atoms with Crippen LogP contribution in [0, 0.1) is 5.92 Å². The molecule has 12 heavy (non-hydrogen) atoms. The number of nitrogens with zero attached hydrogens (tertiary/aromatic N) is 1. The topological polar surface area (TPSA) is 20.3 Å². The van der Waals surface area contributed by atoms with Crippen LogP contribution in [0.15, 0.2) is 0 Å². The fourth-order valence-corrected chi connectivity index (χ4v) is 1.51. The summed E-state index contributed by atoms with van der Waals surface area (Å²) >= 11 is 0. The minimum absolute atomic E-state index is 0.303. The van der Waals surface area contributed by atoms with Gasteiger partial charge in [-0.25, -0.2) is 0 Å². The lowest BCUT2D eigenvalue weighted by atomic mass is 10.2. The molecule has 0 saturated heterocycles. The molecule has 1 atom stereocenters. The van der Waals surface area contributed by atoms with Gasteiger partial charge in [-0.3, -0.25) is 4.79 Å². The van der Waals surface area contributed by atoms with E-state index in [0.29, 0.717) is 18.4 Å². The summed E-state index contributed by atoms with van der Waals surface area (Å²) in [4.78, 5) is 13.4. The second-order valence-electron chi connectivity index (χ2n) is 3.83. The number of hydrogen-bond acceptors (Lipinski definition) is 1. The first-order valence-corrected chi connectivity index (χ1v) is 4.92.